The van der Waals surface area contributed by atoms with Gasteiger partial charge < -0.3 is 10.2 Å². The van der Waals surface area contributed by atoms with Crippen molar-refractivity contribution in [2.75, 3.05) is 6.54 Å². The van der Waals surface area contributed by atoms with Crippen LogP contribution in [0.3, 0.4) is 0 Å². The van der Waals surface area contributed by atoms with Gasteiger partial charge in [0.25, 0.3) is 0 Å². The fraction of sp³-hybridized carbons (Fsp3) is 0.467. The highest BCUT2D eigenvalue weighted by Crippen LogP contribution is 2.34. The number of carbonyl (C=O) groups excluding carboxylic acids is 2. The highest BCUT2D eigenvalue weighted by Gasteiger charge is 2.40. The smallest absolute Gasteiger partial charge is 0.245 e. The molecule has 1 unspecified atom stereocenters. The molecule has 1 aromatic carbocycles. The van der Waals surface area contributed by atoms with Crippen LogP contribution in [0.15, 0.2) is 24.3 Å². The minimum atomic E-state index is -0.370. The van der Waals surface area contributed by atoms with E-state index < -0.39 is 0 Å². The predicted octanol–water partition coefficient (Wildman–Crippen LogP) is 1.45. The Morgan fingerprint density at radius 3 is 2.55 bits per heavy atom. The molecule has 1 saturated heterocycles. The Balaban J connectivity index is 1.75. The van der Waals surface area contributed by atoms with Crippen LogP contribution in [0.4, 0.5) is 4.39 Å². The molecule has 20 heavy (non-hydrogen) atoms. The first-order valence-electron chi connectivity index (χ1n) is 6.96. The van der Waals surface area contributed by atoms with Crippen LogP contribution in [0.1, 0.15) is 24.8 Å². The number of nitrogens with zero attached hydrogens (tertiary/aromatic N) is 1. The van der Waals surface area contributed by atoms with Crippen LogP contribution in [-0.2, 0) is 16.1 Å². The number of hydrogen-bond acceptors (Lipinski definition) is 2. The van der Waals surface area contributed by atoms with Crippen molar-refractivity contribution in [1.82, 2.24) is 10.2 Å². The highest BCUT2D eigenvalue weighted by molar-refractivity contribution is 5.90. The largest absolute Gasteiger partial charge is 0.344 e. The van der Waals surface area contributed by atoms with E-state index in [1.165, 1.54) is 12.1 Å². The van der Waals surface area contributed by atoms with Crippen molar-refractivity contribution < 1.29 is 14.0 Å². The van der Waals surface area contributed by atoms with E-state index >= 15 is 0 Å². The molecule has 1 aromatic rings. The molecule has 2 fully saturated rings. The van der Waals surface area contributed by atoms with Gasteiger partial charge >= 0.3 is 0 Å². The summed E-state index contributed by atoms with van der Waals surface area (Å²) in [5, 5.41) is 2.83. The van der Waals surface area contributed by atoms with Crippen LogP contribution in [0.5, 0.6) is 0 Å². The molecule has 0 aromatic heterocycles. The van der Waals surface area contributed by atoms with E-state index in [0.29, 0.717) is 25.4 Å². The van der Waals surface area contributed by atoms with E-state index in [1.54, 1.807) is 17.0 Å². The van der Waals surface area contributed by atoms with Gasteiger partial charge in [0.15, 0.2) is 0 Å². The van der Waals surface area contributed by atoms with E-state index in [0.717, 1.165) is 18.4 Å². The maximum atomic E-state index is 12.9. The normalized spacial score (nSPS) is 23.4. The SMILES string of the molecule is O=C1CCN(Cc2ccc(F)cc2)C(=O)C(C2CC2)N1. The van der Waals surface area contributed by atoms with Crippen molar-refractivity contribution >= 4 is 11.8 Å². The highest BCUT2D eigenvalue weighted by atomic mass is 19.1. The molecule has 0 radical (unpaired) electrons. The second-order valence-corrected chi connectivity index (χ2v) is 5.52. The second-order valence-electron chi connectivity index (χ2n) is 5.52. The zero-order valence-corrected chi connectivity index (χ0v) is 11.1. The maximum Gasteiger partial charge on any atom is 0.245 e. The molecule has 4 nitrogen and oxygen atoms in total. The molecule has 2 amide bonds. The number of carbonyl (C=O) groups is 2. The van der Waals surface area contributed by atoms with E-state index in [4.69, 9.17) is 0 Å². The van der Waals surface area contributed by atoms with Gasteiger partial charge in [0.05, 0.1) is 0 Å². The minimum Gasteiger partial charge on any atom is -0.344 e. The molecular weight excluding hydrogens is 259 g/mol. The van der Waals surface area contributed by atoms with Crippen LogP contribution in [0.25, 0.3) is 0 Å². The molecule has 2 aliphatic rings. The van der Waals surface area contributed by atoms with Gasteiger partial charge in [0, 0.05) is 19.5 Å². The van der Waals surface area contributed by atoms with Crippen molar-refractivity contribution in [3.8, 4) is 0 Å². The summed E-state index contributed by atoms with van der Waals surface area (Å²) in [5.41, 5.74) is 0.878. The third kappa shape index (κ3) is 2.81. The van der Waals surface area contributed by atoms with Gasteiger partial charge in [0.1, 0.15) is 11.9 Å². The van der Waals surface area contributed by atoms with Crippen molar-refractivity contribution in [3.63, 3.8) is 0 Å². The summed E-state index contributed by atoms with van der Waals surface area (Å²) in [6, 6.07) is 5.76. The lowest BCUT2D eigenvalue weighted by Gasteiger charge is -2.24. The Labute approximate surface area is 117 Å². The monoisotopic (exact) mass is 276 g/mol. The van der Waals surface area contributed by atoms with Gasteiger partial charge in [0.2, 0.25) is 11.8 Å². The Bertz CT molecular complexity index is 525. The fourth-order valence-electron chi connectivity index (χ4n) is 2.57. The zero-order chi connectivity index (χ0) is 14.1. The summed E-state index contributed by atoms with van der Waals surface area (Å²) in [6.45, 7) is 0.850. The van der Waals surface area contributed by atoms with Crippen LogP contribution >= 0.6 is 0 Å². The number of benzene rings is 1. The number of nitrogens with one attached hydrogen (secondary N) is 1. The Kier molecular flexibility index (Phi) is 3.42. The van der Waals surface area contributed by atoms with Crippen molar-refractivity contribution in [1.29, 1.82) is 0 Å². The van der Waals surface area contributed by atoms with Crippen LogP contribution in [0, 0.1) is 11.7 Å². The average molecular weight is 276 g/mol. The standard InChI is InChI=1S/C15H17FN2O2/c16-12-5-1-10(2-6-12)9-18-8-7-13(19)17-14(15(18)20)11-3-4-11/h1-2,5-6,11,14H,3-4,7-9H2,(H,17,19). The third-order valence-electron chi connectivity index (χ3n) is 3.88. The fourth-order valence-corrected chi connectivity index (χ4v) is 2.57. The van der Waals surface area contributed by atoms with E-state index in [9.17, 15) is 14.0 Å². The van der Waals surface area contributed by atoms with Gasteiger partial charge in [-0.25, -0.2) is 4.39 Å². The van der Waals surface area contributed by atoms with Gasteiger partial charge in [-0.05, 0) is 36.5 Å². The lowest BCUT2D eigenvalue weighted by Crippen LogP contribution is -2.45. The maximum absolute atomic E-state index is 12.9. The topological polar surface area (TPSA) is 49.4 Å². The molecule has 1 aliphatic carbocycles. The molecule has 1 heterocycles. The number of halogens is 1. The molecule has 5 heteroatoms. The van der Waals surface area contributed by atoms with Crippen LogP contribution in [0.2, 0.25) is 0 Å². The summed E-state index contributed by atoms with van der Waals surface area (Å²) in [5.74, 6) is -0.0663. The quantitative estimate of drug-likeness (QED) is 0.908. The zero-order valence-electron chi connectivity index (χ0n) is 11.1. The summed E-state index contributed by atoms with van der Waals surface area (Å²) in [4.78, 5) is 25.9. The Hall–Kier alpha value is -1.91. The summed E-state index contributed by atoms with van der Waals surface area (Å²) < 4.78 is 12.9. The first-order valence-corrected chi connectivity index (χ1v) is 6.96. The van der Waals surface area contributed by atoms with E-state index in [-0.39, 0.29) is 23.7 Å². The lowest BCUT2D eigenvalue weighted by molar-refractivity contribution is -0.134. The second kappa shape index (κ2) is 5.23. The molecular formula is C15H17FN2O2. The third-order valence-corrected chi connectivity index (χ3v) is 3.88. The lowest BCUT2D eigenvalue weighted by atomic mass is 10.1. The molecule has 1 saturated carbocycles. The van der Waals surface area contributed by atoms with Gasteiger partial charge in [-0.2, -0.15) is 0 Å². The first kappa shape index (κ1) is 13.1. The molecule has 0 spiro atoms. The molecule has 1 atom stereocenters. The van der Waals surface area contributed by atoms with Crippen molar-refractivity contribution in [2.24, 2.45) is 5.92 Å². The van der Waals surface area contributed by atoms with Gasteiger partial charge in [-0.3, -0.25) is 9.59 Å². The summed E-state index contributed by atoms with van der Waals surface area (Å²) in [6.07, 6.45) is 2.33. The van der Waals surface area contributed by atoms with Gasteiger partial charge in [-0.15, -0.1) is 0 Å². The first-order chi connectivity index (χ1) is 9.63. The van der Waals surface area contributed by atoms with Crippen LogP contribution in [-0.4, -0.2) is 29.3 Å². The van der Waals surface area contributed by atoms with Gasteiger partial charge in [-0.1, -0.05) is 12.1 Å². The van der Waals surface area contributed by atoms with Crippen molar-refractivity contribution in [2.45, 2.75) is 31.8 Å². The average Bonchev–Trinajstić information content (AvgIpc) is 3.26. The van der Waals surface area contributed by atoms with E-state index in [2.05, 4.69) is 5.32 Å². The molecule has 106 valence electrons. The Morgan fingerprint density at radius 2 is 1.90 bits per heavy atom. The van der Waals surface area contributed by atoms with Crippen molar-refractivity contribution in [3.05, 3.63) is 35.6 Å². The summed E-state index contributed by atoms with van der Waals surface area (Å²) >= 11 is 0. The molecule has 3 rings (SSSR count). The van der Waals surface area contributed by atoms with E-state index in [1.807, 2.05) is 0 Å². The number of amides is 2. The molecule has 0 bridgehead atoms. The predicted molar refractivity (Wildman–Crippen MR) is 71.1 cm³/mol. The minimum absolute atomic E-state index is 0.0114. The molecule has 1 N–H and O–H groups in total. The molecule has 1 aliphatic heterocycles. The Morgan fingerprint density at radius 1 is 1.20 bits per heavy atom. The summed E-state index contributed by atoms with van der Waals surface area (Å²) in [7, 11) is 0. The van der Waals surface area contributed by atoms with Crippen LogP contribution < -0.4 is 5.32 Å². The number of rotatable bonds is 3. The number of hydrogen-bond donors (Lipinski definition) is 1.